The van der Waals surface area contributed by atoms with Gasteiger partial charge in [0.1, 0.15) is 0 Å². The van der Waals surface area contributed by atoms with Crippen molar-refractivity contribution in [3.05, 3.63) is 12.2 Å². The molecule has 0 aromatic heterocycles. The van der Waals surface area contributed by atoms with E-state index in [1.165, 1.54) is 25.7 Å². The summed E-state index contributed by atoms with van der Waals surface area (Å²) in [5.74, 6) is 0. The summed E-state index contributed by atoms with van der Waals surface area (Å²) in [5.41, 5.74) is 1.12. The molecule has 1 saturated carbocycles. The van der Waals surface area contributed by atoms with Crippen molar-refractivity contribution in [1.29, 1.82) is 0 Å². The highest BCUT2D eigenvalue weighted by atomic mass is 16.5. The van der Waals surface area contributed by atoms with E-state index in [1.807, 2.05) is 14.0 Å². The summed E-state index contributed by atoms with van der Waals surface area (Å²) in [6, 6.07) is 0.713. The van der Waals surface area contributed by atoms with Gasteiger partial charge in [-0.25, -0.2) is 0 Å². The van der Waals surface area contributed by atoms with E-state index in [4.69, 9.17) is 4.74 Å². The lowest BCUT2D eigenvalue weighted by molar-refractivity contribution is 0.0368. The average Bonchev–Trinajstić information content (AvgIpc) is 2.15. The standard InChI is InChI=1S/C11H21NO/c1-9(2)8-13-11-6-4-10(12-3)5-7-11/h10-12H,1,4-8H2,2-3H3. The summed E-state index contributed by atoms with van der Waals surface area (Å²) >= 11 is 0. The van der Waals surface area contributed by atoms with Crippen molar-refractivity contribution in [3.8, 4) is 0 Å². The topological polar surface area (TPSA) is 21.3 Å². The van der Waals surface area contributed by atoms with Crippen molar-refractivity contribution >= 4 is 0 Å². The first-order chi connectivity index (χ1) is 6.22. The van der Waals surface area contributed by atoms with Gasteiger partial charge in [-0.2, -0.15) is 0 Å². The third-order valence-electron chi connectivity index (χ3n) is 2.65. The molecule has 2 heteroatoms. The molecule has 0 saturated heterocycles. The van der Waals surface area contributed by atoms with Gasteiger partial charge in [0, 0.05) is 6.04 Å². The lowest BCUT2D eigenvalue weighted by Crippen LogP contribution is -2.33. The quantitative estimate of drug-likeness (QED) is 0.674. The molecule has 0 aromatic rings. The zero-order chi connectivity index (χ0) is 9.68. The normalized spacial score (nSPS) is 28.8. The first kappa shape index (κ1) is 10.7. The molecule has 0 amide bonds. The van der Waals surface area contributed by atoms with Crippen LogP contribution in [0.2, 0.25) is 0 Å². The van der Waals surface area contributed by atoms with Crippen LogP contribution in [-0.4, -0.2) is 25.8 Å². The monoisotopic (exact) mass is 183 g/mol. The van der Waals surface area contributed by atoms with Crippen LogP contribution in [0.4, 0.5) is 0 Å². The molecule has 0 radical (unpaired) electrons. The zero-order valence-corrected chi connectivity index (χ0v) is 8.81. The Hall–Kier alpha value is -0.340. The molecule has 1 aliphatic carbocycles. The fourth-order valence-corrected chi connectivity index (χ4v) is 1.78. The molecule has 0 aliphatic heterocycles. The third-order valence-corrected chi connectivity index (χ3v) is 2.65. The van der Waals surface area contributed by atoms with Crippen molar-refractivity contribution < 1.29 is 4.74 Å². The van der Waals surface area contributed by atoms with Gasteiger partial charge in [-0.15, -0.1) is 0 Å². The van der Waals surface area contributed by atoms with Gasteiger partial charge in [0.05, 0.1) is 12.7 Å². The first-order valence-corrected chi connectivity index (χ1v) is 5.15. The van der Waals surface area contributed by atoms with Crippen molar-refractivity contribution in [2.45, 2.75) is 44.8 Å². The van der Waals surface area contributed by atoms with Crippen LogP contribution in [0.3, 0.4) is 0 Å². The molecular formula is C11H21NO. The summed E-state index contributed by atoms with van der Waals surface area (Å²) in [6.07, 6.45) is 5.35. The second-order valence-electron chi connectivity index (χ2n) is 4.03. The minimum atomic E-state index is 0.473. The maximum Gasteiger partial charge on any atom is 0.0675 e. The summed E-state index contributed by atoms with van der Waals surface area (Å²) in [5, 5.41) is 3.32. The second kappa shape index (κ2) is 5.40. The van der Waals surface area contributed by atoms with Crippen molar-refractivity contribution in [1.82, 2.24) is 5.32 Å². The molecule has 0 heterocycles. The molecule has 2 nitrogen and oxygen atoms in total. The van der Waals surface area contributed by atoms with E-state index in [9.17, 15) is 0 Å². The largest absolute Gasteiger partial charge is 0.374 e. The van der Waals surface area contributed by atoms with E-state index in [2.05, 4.69) is 11.9 Å². The maximum atomic E-state index is 5.71. The Morgan fingerprint density at radius 3 is 2.46 bits per heavy atom. The van der Waals surface area contributed by atoms with Crippen LogP contribution in [0, 0.1) is 0 Å². The van der Waals surface area contributed by atoms with Gasteiger partial charge >= 0.3 is 0 Å². The first-order valence-electron chi connectivity index (χ1n) is 5.15. The molecule has 13 heavy (non-hydrogen) atoms. The highest BCUT2D eigenvalue weighted by Crippen LogP contribution is 2.21. The van der Waals surface area contributed by atoms with E-state index in [-0.39, 0.29) is 0 Å². The fourth-order valence-electron chi connectivity index (χ4n) is 1.78. The van der Waals surface area contributed by atoms with E-state index in [1.54, 1.807) is 0 Å². The van der Waals surface area contributed by atoms with Crippen LogP contribution >= 0.6 is 0 Å². The van der Waals surface area contributed by atoms with Crippen LogP contribution < -0.4 is 5.32 Å². The van der Waals surface area contributed by atoms with E-state index >= 15 is 0 Å². The van der Waals surface area contributed by atoms with Gasteiger partial charge in [0.25, 0.3) is 0 Å². The Morgan fingerprint density at radius 2 is 2.00 bits per heavy atom. The van der Waals surface area contributed by atoms with E-state index < -0.39 is 0 Å². The molecule has 0 bridgehead atoms. The zero-order valence-electron chi connectivity index (χ0n) is 8.81. The lowest BCUT2D eigenvalue weighted by Gasteiger charge is -2.28. The lowest BCUT2D eigenvalue weighted by atomic mass is 9.93. The van der Waals surface area contributed by atoms with Gasteiger partial charge in [-0.05, 0) is 39.7 Å². The molecular weight excluding hydrogens is 162 g/mol. The highest BCUT2D eigenvalue weighted by molar-refractivity contribution is 4.88. The second-order valence-corrected chi connectivity index (χ2v) is 4.03. The molecule has 1 aliphatic rings. The molecule has 76 valence electrons. The van der Waals surface area contributed by atoms with Crippen LogP contribution in [0.25, 0.3) is 0 Å². The summed E-state index contributed by atoms with van der Waals surface area (Å²) in [4.78, 5) is 0. The third kappa shape index (κ3) is 3.92. The van der Waals surface area contributed by atoms with Crippen molar-refractivity contribution in [2.75, 3.05) is 13.7 Å². The predicted molar refractivity (Wildman–Crippen MR) is 55.9 cm³/mol. The predicted octanol–water partition coefficient (Wildman–Crippen LogP) is 2.11. The molecule has 0 atom stereocenters. The molecule has 0 unspecified atom stereocenters. The highest BCUT2D eigenvalue weighted by Gasteiger charge is 2.19. The number of ether oxygens (including phenoxy) is 1. The Bertz CT molecular complexity index is 159. The SMILES string of the molecule is C=C(C)COC1CCC(NC)CC1. The Balaban J connectivity index is 2.14. The maximum absolute atomic E-state index is 5.71. The van der Waals surface area contributed by atoms with Gasteiger partial charge in [-0.1, -0.05) is 12.2 Å². The van der Waals surface area contributed by atoms with Crippen LogP contribution in [-0.2, 0) is 4.74 Å². The molecule has 1 rings (SSSR count). The number of hydrogen-bond donors (Lipinski definition) is 1. The smallest absolute Gasteiger partial charge is 0.0675 e. The minimum Gasteiger partial charge on any atom is -0.374 e. The van der Waals surface area contributed by atoms with Crippen LogP contribution in [0.15, 0.2) is 12.2 Å². The molecule has 1 fully saturated rings. The summed E-state index contributed by atoms with van der Waals surface area (Å²) in [6.45, 7) is 6.58. The number of hydrogen-bond acceptors (Lipinski definition) is 2. The van der Waals surface area contributed by atoms with E-state index in [0.717, 1.165) is 12.2 Å². The van der Waals surface area contributed by atoms with Crippen LogP contribution in [0.1, 0.15) is 32.6 Å². The fraction of sp³-hybridized carbons (Fsp3) is 0.818. The Kier molecular flexibility index (Phi) is 4.46. The van der Waals surface area contributed by atoms with Crippen molar-refractivity contribution in [3.63, 3.8) is 0 Å². The van der Waals surface area contributed by atoms with Crippen LogP contribution in [0.5, 0.6) is 0 Å². The minimum absolute atomic E-state index is 0.473. The average molecular weight is 183 g/mol. The number of nitrogens with one attached hydrogen (secondary N) is 1. The summed E-state index contributed by atoms with van der Waals surface area (Å²) in [7, 11) is 2.04. The number of rotatable bonds is 4. The van der Waals surface area contributed by atoms with E-state index in [0.29, 0.717) is 12.1 Å². The van der Waals surface area contributed by atoms with Gasteiger partial charge in [-0.3, -0.25) is 0 Å². The van der Waals surface area contributed by atoms with Gasteiger partial charge < -0.3 is 10.1 Å². The summed E-state index contributed by atoms with van der Waals surface area (Å²) < 4.78 is 5.71. The Labute approximate surface area is 81.4 Å². The van der Waals surface area contributed by atoms with Gasteiger partial charge in [0.2, 0.25) is 0 Å². The van der Waals surface area contributed by atoms with Crippen molar-refractivity contribution in [2.24, 2.45) is 0 Å². The molecule has 0 spiro atoms. The molecule has 1 N–H and O–H groups in total. The molecule has 0 aromatic carbocycles. The van der Waals surface area contributed by atoms with Gasteiger partial charge in [0.15, 0.2) is 0 Å². The Morgan fingerprint density at radius 1 is 1.38 bits per heavy atom.